The van der Waals surface area contributed by atoms with Gasteiger partial charge >= 0.3 is 0 Å². The van der Waals surface area contributed by atoms with E-state index in [1.54, 1.807) is 66.3 Å². The second-order valence-corrected chi connectivity index (χ2v) is 34.0. The first-order chi connectivity index (χ1) is 47.1. The summed E-state index contributed by atoms with van der Waals surface area (Å²) in [6.07, 6.45) is 51.8. The molecule has 0 aliphatic carbocycles. The van der Waals surface area contributed by atoms with Crippen molar-refractivity contribution in [3.8, 4) is 94.5 Å². The van der Waals surface area contributed by atoms with Gasteiger partial charge in [0.1, 0.15) is 16.1 Å². The molecule has 8 aromatic rings. The second-order valence-electron chi connectivity index (χ2n) is 24.0. The highest BCUT2D eigenvalue weighted by Crippen LogP contribution is 2.12. The Morgan fingerprint density at radius 2 is 0.582 bits per heavy atom. The minimum atomic E-state index is -1.40. The van der Waals surface area contributed by atoms with Crippen molar-refractivity contribution < 1.29 is 0 Å². The van der Waals surface area contributed by atoms with Gasteiger partial charge < -0.3 is 0 Å². The number of halogens is 1. The van der Waals surface area contributed by atoms with Crippen molar-refractivity contribution in [1.82, 2.24) is 39.9 Å². The summed E-state index contributed by atoms with van der Waals surface area (Å²) in [5, 5.41) is 0. The number of hydrogen-bond acceptors (Lipinski definition) is 8. The fraction of sp³-hybridized carbons (Fsp3) is 0.218. The highest BCUT2D eigenvalue weighted by molar-refractivity contribution is 9.11. The van der Waals surface area contributed by atoms with Crippen molar-refractivity contribution in [2.75, 3.05) is 0 Å². The number of aromatic nitrogens is 8. The van der Waals surface area contributed by atoms with E-state index in [2.05, 4.69) is 209 Å². The van der Waals surface area contributed by atoms with Crippen LogP contribution in [0.1, 0.15) is 163 Å². The molecule has 0 saturated heterocycles. The molecule has 8 nitrogen and oxygen atoms in total. The first-order valence-electron chi connectivity index (χ1n) is 32.5. The molecule has 0 radical (unpaired) electrons. The average Bonchev–Trinajstić information content (AvgIpc) is 1.72. The van der Waals surface area contributed by atoms with Gasteiger partial charge in [0, 0.05) is 105 Å². The summed E-state index contributed by atoms with van der Waals surface area (Å²) in [4.78, 5) is 37.1. The Morgan fingerprint density at radius 3 is 0.806 bits per heavy atom. The molecule has 0 amide bonds. The fourth-order valence-electron chi connectivity index (χ4n) is 8.08. The SMILES string of the molecule is C.C#Cc1ccc(/C=C\C#Cc2ccc(/C=C/C#Cc3ccc(CCCCCC)nc3)nc2)nc1.CCCCCCc1ccc(C#C/C=C/c2ccc(C#C/C=C\c3ccc(C#C/C=C\c4ccc(C#C[Si](C)(C)C)cn4)cn3)cn2)cn1.C[Si](C)(C)C#Cc1ccc(/C=C/Br)nc1. The van der Waals surface area contributed by atoms with Crippen LogP contribution in [0.15, 0.2) is 182 Å². The molecular formula is C87H85BrN8Si2. The summed E-state index contributed by atoms with van der Waals surface area (Å²) < 4.78 is 0. The number of unbranched alkanes of at least 4 members (excludes halogenated alkanes) is 6. The fourth-order valence-corrected chi connectivity index (χ4v) is 9.39. The van der Waals surface area contributed by atoms with E-state index in [0.29, 0.717) is 0 Å². The van der Waals surface area contributed by atoms with Crippen molar-refractivity contribution in [3.05, 3.63) is 272 Å². The number of terminal acetylenes is 1. The normalized spacial score (nSPS) is 10.6. The third-order valence-electron chi connectivity index (χ3n) is 13.3. The van der Waals surface area contributed by atoms with Gasteiger partial charge in [0.25, 0.3) is 0 Å². The van der Waals surface area contributed by atoms with Crippen LogP contribution in [0.2, 0.25) is 39.3 Å². The Hall–Kier alpha value is -11.0. The molecule has 0 unspecified atom stereocenters. The first-order valence-corrected chi connectivity index (χ1v) is 40.4. The Kier molecular flexibility index (Phi) is 35.4. The largest absolute Gasteiger partial charge is 0.260 e. The highest BCUT2D eigenvalue weighted by atomic mass is 79.9. The minimum absolute atomic E-state index is 0. The monoisotopic (exact) mass is 1380 g/mol. The lowest BCUT2D eigenvalue weighted by Crippen LogP contribution is -2.16. The molecule has 0 aromatic carbocycles. The lowest BCUT2D eigenvalue weighted by molar-refractivity contribution is 0.660. The second kappa shape index (κ2) is 44.7. The van der Waals surface area contributed by atoms with Crippen LogP contribution >= 0.6 is 15.9 Å². The van der Waals surface area contributed by atoms with Gasteiger partial charge in [-0.15, -0.1) is 17.5 Å². The maximum atomic E-state index is 5.33. The number of hydrogen-bond donors (Lipinski definition) is 0. The third kappa shape index (κ3) is 33.9. The van der Waals surface area contributed by atoms with Gasteiger partial charge in [-0.3, -0.25) is 39.9 Å². The number of allylic oxidation sites excluding steroid dienone is 5. The van der Waals surface area contributed by atoms with E-state index in [4.69, 9.17) is 6.42 Å². The zero-order valence-corrected chi connectivity index (χ0v) is 60.5. The van der Waals surface area contributed by atoms with Crippen LogP contribution in [0.4, 0.5) is 0 Å². The van der Waals surface area contributed by atoms with Crippen molar-refractivity contribution in [3.63, 3.8) is 0 Å². The van der Waals surface area contributed by atoms with Crippen LogP contribution in [-0.2, 0) is 12.8 Å². The van der Waals surface area contributed by atoms with Crippen LogP contribution in [0, 0.1) is 94.5 Å². The highest BCUT2D eigenvalue weighted by Gasteiger charge is 2.08. The molecule has 8 rings (SSSR count). The summed E-state index contributed by atoms with van der Waals surface area (Å²) in [6.45, 7) is 17.8. The van der Waals surface area contributed by atoms with E-state index in [1.165, 1.54) is 51.4 Å². The average molecular weight is 1380 g/mol. The Balaban J connectivity index is 0.000000300. The number of pyridine rings is 8. The smallest absolute Gasteiger partial charge is 0.129 e. The molecule has 0 atom stereocenters. The van der Waals surface area contributed by atoms with Gasteiger partial charge in [0.15, 0.2) is 0 Å². The minimum Gasteiger partial charge on any atom is -0.260 e. The van der Waals surface area contributed by atoms with E-state index in [0.717, 1.165) is 103 Å². The maximum Gasteiger partial charge on any atom is 0.129 e. The molecule has 98 heavy (non-hydrogen) atoms. The molecule has 0 aliphatic heterocycles. The first kappa shape index (κ1) is 77.7. The molecular weight excluding hydrogens is 1290 g/mol. The zero-order chi connectivity index (χ0) is 69.0. The van der Waals surface area contributed by atoms with E-state index >= 15 is 0 Å². The molecule has 0 saturated carbocycles. The number of nitrogens with zero attached hydrogens (tertiary/aromatic N) is 8. The number of aryl methyl sites for hydroxylation is 2. The Bertz CT molecular complexity index is 4480. The van der Waals surface area contributed by atoms with Crippen LogP contribution < -0.4 is 0 Å². The van der Waals surface area contributed by atoms with Crippen molar-refractivity contribution in [2.45, 2.75) is 125 Å². The molecule has 0 fully saturated rings. The molecule has 0 aliphatic rings. The molecule has 0 bridgehead atoms. The van der Waals surface area contributed by atoms with Crippen molar-refractivity contribution in [1.29, 1.82) is 0 Å². The van der Waals surface area contributed by atoms with E-state index in [9.17, 15) is 0 Å². The quantitative estimate of drug-likeness (QED) is 0.0535. The zero-order valence-electron chi connectivity index (χ0n) is 56.9. The van der Waals surface area contributed by atoms with Crippen LogP contribution in [0.5, 0.6) is 0 Å². The predicted molar refractivity (Wildman–Crippen MR) is 422 cm³/mol. The van der Waals surface area contributed by atoms with Gasteiger partial charge in [0.05, 0.1) is 34.2 Å². The summed E-state index contributed by atoms with van der Waals surface area (Å²) >= 11 is 3.22. The van der Waals surface area contributed by atoms with Crippen LogP contribution in [0.25, 0.3) is 36.5 Å². The number of rotatable bonds is 16. The Labute approximate surface area is 595 Å². The van der Waals surface area contributed by atoms with Gasteiger partial charge in [-0.05, 0) is 195 Å². The van der Waals surface area contributed by atoms with E-state index < -0.39 is 16.1 Å². The summed E-state index contributed by atoms with van der Waals surface area (Å²) in [6, 6.07) is 31.4. The lowest BCUT2D eigenvalue weighted by Gasteiger charge is -2.03. The maximum absolute atomic E-state index is 5.33. The van der Waals surface area contributed by atoms with Crippen molar-refractivity contribution >= 4 is 68.5 Å². The summed E-state index contributed by atoms with van der Waals surface area (Å²) in [5.74, 6) is 39.6. The predicted octanol–water partition coefficient (Wildman–Crippen LogP) is 19.2. The van der Waals surface area contributed by atoms with Gasteiger partial charge in [-0.2, -0.15) is 0 Å². The summed E-state index contributed by atoms with van der Waals surface area (Å²) in [7, 11) is -2.68. The molecule has 488 valence electrons. The standard InChI is InChI=1S/C43H40N4Si.C31H27N3.C12H14BrNSi.CH4/c1-5-6-7-8-18-40-26-22-36(32-44-40)15-9-12-19-41-27-23-37(33-45-41)16-10-13-20-42-28-24-38(34-46-42)17-11-14-21-43-29-25-39(35-47-43)30-31-48(2,3)4;1-3-5-6-7-14-29-21-18-27(24-33-29)13-9-11-16-31-22-19-28(25-34-31)12-8-10-15-30-20-17-26(4-2)23-32-30;1-15(2,3)9-7-11-4-5-12(6-8-13)14-10-11;/h12-14,19-29,32-35H,5-8,18H2,1-4H3;2,10-11,15-25H,3,5-7,14H2,1H3;4-6,8,10H,1-3H3;1H4/b19-12+,20-13-,21-14-;15-10-,16-11+;8-6+;. The molecule has 0 spiro atoms. The lowest BCUT2D eigenvalue weighted by atomic mass is 10.1. The van der Waals surface area contributed by atoms with Gasteiger partial charge in [-0.1, -0.05) is 192 Å². The van der Waals surface area contributed by atoms with Crippen LogP contribution in [0.3, 0.4) is 0 Å². The van der Waals surface area contributed by atoms with E-state index in [-0.39, 0.29) is 7.43 Å². The Morgan fingerprint density at radius 1 is 0.327 bits per heavy atom. The van der Waals surface area contributed by atoms with Gasteiger partial charge in [0.2, 0.25) is 0 Å². The summed E-state index contributed by atoms with van der Waals surface area (Å²) in [5.41, 5.74) is 21.0. The molecule has 0 N–H and O–H groups in total. The topological polar surface area (TPSA) is 103 Å². The molecule has 11 heteroatoms. The molecule has 8 aromatic heterocycles. The van der Waals surface area contributed by atoms with Gasteiger partial charge in [-0.25, -0.2) is 0 Å². The van der Waals surface area contributed by atoms with Crippen LogP contribution in [-0.4, -0.2) is 56.0 Å². The van der Waals surface area contributed by atoms with E-state index in [1.807, 2.05) is 140 Å². The third-order valence-corrected chi connectivity index (χ3v) is 15.3. The van der Waals surface area contributed by atoms with Crippen molar-refractivity contribution in [2.24, 2.45) is 0 Å². The molecule has 8 heterocycles.